The summed E-state index contributed by atoms with van der Waals surface area (Å²) in [5.74, 6) is 0. The van der Waals surface area contributed by atoms with Gasteiger partial charge < -0.3 is 37.2 Å². The molecule has 12 N–H and O–H groups in total. The first-order valence-electron chi connectivity index (χ1n) is 0.667. The van der Waals surface area contributed by atoms with E-state index >= 15 is 0 Å². The second-order valence-corrected chi connectivity index (χ2v) is 1.22. The second-order valence-electron chi connectivity index (χ2n) is 0.408. The van der Waals surface area contributed by atoms with E-state index in [1.807, 2.05) is 0 Å². The Morgan fingerprint density at radius 3 is 0.818 bits per heavy atom. The molecule has 0 heterocycles. The van der Waals surface area contributed by atoms with Gasteiger partial charge in [-0.1, -0.05) is 0 Å². The van der Waals surface area contributed by atoms with E-state index in [-0.39, 0.29) is 49.1 Å². The maximum Gasteiger partial charge on any atom is 1.00 e. The molecule has 0 aromatic carbocycles. The number of hydrogen-bond donors (Lipinski definition) is 1. The molecule has 0 spiro atoms. The fourth-order valence-corrected chi connectivity index (χ4v) is 0. The Bertz CT molecular complexity index is 97.3. The number of quaternary nitrogens is 1. The first-order chi connectivity index (χ1) is 2.00. The van der Waals surface area contributed by atoms with E-state index in [0.29, 0.717) is 0 Å². The van der Waals surface area contributed by atoms with Gasteiger partial charge >= 0.3 is 21.1 Å². The van der Waals surface area contributed by atoms with E-state index in [1.165, 1.54) is 0 Å². The zero-order chi connectivity index (χ0) is 4.50. The van der Waals surface area contributed by atoms with Gasteiger partial charge in [0.15, 0.2) is 0 Å². The number of rotatable bonds is 0. The zero-order valence-corrected chi connectivity index (χ0v) is 8.27. The third kappa shape index (κ3) is 5640. The molecule has 1 radical (unpaired) electrons. The Balaban J connectivity index is -0.00000000533. The van der Waals surface area contributed by atoms with Gasteiger partial charge in [0.25, 0.3) is 0 Å². The molecule has 0 rings (SSSR count). The van der Waals surface area contributed by atoms with E-state index < -0.39 is 10.4 Å². The van der Waals surface area contributed by atoms with Crippen molar-refractivity contribution in [3.63, 3.8) is 0 Å². The standard InChI is InChI=1S/Mo.H3N.H2O4S.4H2O/c;;1-5(2,3)4;;;;/h;1H3;(H2,1,2,3,4);4*1H2/q+1;;;;;;/p-1. The summed E-state index contributed by atoms with van der Waals surface area (Å²) in [5.41, 5.74) is 0. The average molecular weight is 282 g/mol. The van der Waals surface area contributed by atoms with Crippen LogP contribution in [-0.2, 0) is 31.5 Å². The van der Waals surface area contributed by atoms with Crippen LogP contribution in [0.4, 0.5) is 0 Å². The average Bonchev–Trinajstić information content (AvgIpc) is 0.722. The van der Waals surface area contributed by atoms with Crippen molar-refractivity contribution in [2.24, 2.45) is 0 Å². The summed E-state index contributed by atoms with van der Waals surface area (Å²) in [6, 6.07) is 0. The van der Waals surface area contributed by atoms with Crippen molar-refractivity contribution >= 4 is 10.4 Å². The van der Waals surface area contributed by atoms with Gasteiger partial charge in [-0.15, -0.1) is 0 Å². The zero-order valence-electron chi connectivity index (χ0n) is 5.45. The van der Waals surface area contributed by atoms with Crippen molar-refractivity contribution < 1.29 is 60.5 Å². The van der Waals surface area contributed by atoms with Crippen molar-refractivity contribution in [1.82, 2.24) is 6.15 Å². The normalized spacial score (nSPS) is 5.27. The first kappa shape index (κ1) is 64.2. The second kappa shape index (κ2) is 22.4. The van der Waals surface area contributed by atoms with E-state index in [1.54, 1.807) is 0 Å². The SMILES string of the molecule is O.O.O.O.O=S(=O)([O-])[O-].[Mo+].[NH4+]. The minimum Gasteiger partial charge on any atom is -0.759 e. The quantitative estimate of drug-likeness (QED) is 0.263. The van der Waals surface area contributed by atoms with Crippen molar-refractivity contribution in [3.8, 4) is 0 Å². The van der Waals surface area contributed by atoms with Crippen LogP contribution in [0.2, 0.25) is 0 Å². The van der Waals surface area contributed by atoms with Gasteiger partial charge in [0.05, 0.1) is 0 Å². The Morgan fingerprint density at radius 1 is 0.818 bits per heavy atom. The summed E-state index contributed by atoms with van der Waals surface area (Å²) in [6.45, 7) is 0. The van der Waals surface area contributed by atoms with E-state index in [0.717, 1.165) is 0 Å². The van der Waals surface area contributed by atoms with Gasteiger partial charge in [-0.05, 0) is 0 Å². The molecule has 0 atom stereocenters. The molecule has 0 fully saturated rings. The number of hydrogen-bond acceptors (Lipinski definition) is 4. The third-order valence-electron chi connectivity index (χ3n) is 0. The van der Waals surface area contributed by atoms with Crippen molar-refractivity contribution in [2.75, 3.05) is 0 Å². The summed E-state index contributed by atoms with van der Waals surface area (Å²) in [7, 11) is -5.17. The van der Waals surface area contributed by atoms with Gasteiger partial charge in [0, 0.05) is 10.4 Å². The van der Waals surface area contributed by atoms with E-state index in [4.69, 9.17) is 17.5 Å². The van der Waals surface area contributed by atoms with Crippen molar-refractivity contribution in [3.05, 3.63) is 0 Å². The van der Waals surface area contributed by atoms with Crippen LogP contribution in [-0.4, -0.2) is 39.4 Å². The van der Waals surface area contributed by atoms with Crippen molar-refractivity contribution in [2.45, 2.75) is 0 Å². The molecule has 11 heteroatoms. The van der Waals surface area contributed by atoms with Gasteiger partial charge in [-0.25, -0.2) is 0 Å². The van der Waals surface area contributed by atoms with Crippen LogP contribution in [0.5, 0.6) is 0 Å². The minimum absolute atomic E-state index is 0. The molecular formula is H12MoNO8S. The maximum absolute atomic E-state index is 8.52. The molecule has 77 valence electrons. The van der Waals surface area contributed by atoms with Crippen LogP contribution < -0.4 is 6.15 Å². The van der Waals surface area contributed by atoms with Gasteiger partial charge in [-0.2, -0.15) is 0 Å². The molecule has 0 aliphatic carbocycles. The monoisotopic (exact) mass is 284 g/mol. The molecule has 0 saturated carbocycles. The van der Waals surface area contributed by atoms with Crippen LogP contribution >= 0.6 is 0 Å². The van der Waals surface area contributed by atoms with Gasteiger partial charge in [-0.3, -0.25) is 8.42 Å². The summed E-state index contributed by atoms with van der Waals surface area (Å²) in [6.07, 6.45) is 0. The van der Waals surface area contributed by atoms with Crippen LogP contribution in [0.15, 0.2) is 0 Å². The summed E-state index contributed by atoms with van der Waals surface area (Å²) in [4.78, 5) is 0. The van der Waals surface area contributed by atoms with Crippen LogP contribution in [0.3, 0.4) is 0 Å². The fourth-order valence-electron chi connectivity index (χ4n) is 0. The molecule has 0 aliphatic heterocycles. The van der Waals surface area contributed by atoms with E-state index in [9.17, 15) is 0 Å². The summed E-state index contributed by atoms with van der Waals surface area (Å²) in [5, 5.41) is 0. The molecule has 11 heavy (non-hydrogen) atoms. The first-order valence-corrected chi connectivity index (χ1v) is 2.00. The molecule has 0 bridgehead atoms. The smallest absolute Gasteiger partial charge is 0.759 e. The predicted molar refractivity (Wildman–Crippen MR) is 30.9 cm³/mol. The van der Waals surface area contributed by atoms with Gasteiger partial charge in [0.1, 0.15) is 0 Å². The van der Waals surface area contributed by atoms with Crippen LogP contribution in [0.25, 0.3) is 0 Å². The predicted octanol–water partition coefficient (Wildman–Crippen LogP) is -4.26. The van der Waals surface area contributed by atoms with Crippen LogP contribution in [0, 0.1) is 0 Å². The topological polar surface area (TPSA) is 243 Å². The molecule has 0 aliphatic rings. The molecular weight excluding hydrogens is 270 g/mol. The minimum atomic E-state index is -5.17. The molecule has 0 amide bonds. The molecule has 0 aromatic rings. The summed E-state index contributed by atoms with van der Waals surface area (Å²) >= 11 is 0. The van der Waals surface area contributed by atoms with Crippen LogP contribution in [0.1, 0.15) is 0 Å². The fraction of sp³-hybridized carbons (Fsp3) is 0. The molecule has 0 aromatic heterocycles. The molecule has 9 nitrogen and oxygen atoms in total. The molecule has 0 saturated heterocycles. The van der Waals surface area contributed by atoms with Crippen molar-refractivity contribution in [1.29, 1.82) is 0 Å². The summed E-state index contributed by atoms with van der Waals surface area (Å²) < 4.78 is 34.1. The largest absolute Gasteiger partial charge is 1.00 e. The van der Waals surface area contributed by atoms with Gasteiger partial charge in [0.2, 0.25) is 0 Å². The Labute approximate surface area is 77.5 Å². The third-order valence-corrected chi connectivity index (χ3v) is 0. The maximum atomic E-state index is 8.52. The Kier molecular flexibility index (Phi) is 131. The Morgan fingerprint density at radius 2 is 0.818 bits per heavy atom. The Hall–Kier alpha value is 0.358. The van der Waals surface area contributed by atoms with E-state index in [2.05, 4.69) is 0 Å². The molecule has 0 unspecified atom stereocenters.